The van der Waals surface area contributed by atoms with E-state index in [1.54, 1.807) is 0 Å². The van der Waals surface area contributed by atoms with Gasteiger partial charge in [-0.05, 0) is 36.8 Å². The van der Waals surface area contributed by atoms with Gasteiger partial charge in [-0.25, -0.2) is 18.0 Å². The van der Waals surface area contributed by atoms with E-state index in [1.807, 2.05) is 0 Å². The van der Waals surface area contributed by atoms with Gasteiger partial charge in [0.25, 0.3) is 0 Å². The predicted octanol–water partition coefficient (Wildman–Crippen LogP) is 5.07. The number of hydrogen-bond donors (Lipinski definition) is 1. The lowest BCUT2D eigenvalue weighted by molar-refractivity contribution is -0.137. The van der Waals surface area contributed by atoms with Crippen molar-refractivity contribution in [2.45, 2.75) is 18.0 Å². The van der Waals surface area contributed by atoms with Crippen LogP contribution in [-0.2, 0) is 17.2 Å². The third kappa shape index (κ3) is 4.62. The average Bonchev–Trinajstić information content (AvgIpc) is 3.09. The smallest absolute Gasteiger partial charge is 0.416 e. The van der Waals surface area contributed by atoms with Crippen LogP contribution in [0.3, 0.4) is 0 Å². The Morgan fingerprint density at radius 3 is 2.50 bits per heavy atom. The second-order valence-corrected chi connectivity index (χ2v) is 7.43. The van der Waals surface area contributed by atoms with E-state index in [-0.39, 0.29) is 16.4 Å². The van der Waals surface area contributed by atoms with Crippen molar-refractivity contribution < 1.29 is 30.9 Å². The van der Waals surface area contributed by atoms with E-state index in [9.17, 15) is 26.2 Å². The van der Waals surface area contributed by atoms with Crippen molar-refractivity contribution >= 4 is 27.6 Å². The van der Waals surface area contributed by atoms with Gasteiger partial charge < -0.3 is 4.74 Å². The van der Waals surface area contributed by atoms with E-state index in [4.69, 9.17) is 4.74 Å². The molecular formula is C16H10F5N3O2S2. The van der Waals surface area contributed by atoms with Crippen molar-refractivity contribution in [2.24, 2.45) is 0 Å². The first-order valence-corrected chi connectivity index (χ1v) is 9.36. The minimum atomic E-state index is -4.62. The molecule has 1 atom stereocenters. The molecular weight excluding hydrogens is 425 g/mol. The van der Waals surface area contributed by atoms with Crippen LogP contribution in [0.15, 0.2) is 41.6 Å². The van der Waals surface area contributed by atoms with Crippen LogP contribution >= 0.6 is 11.5 Å². The van der Waals surface area contributed by atoms with Gasteiger partial charge in [-0.1, -0.05) is 0 Å². The first-order chi connectivity index (χ1) is 13.1. The summed E-state index contributed by atoms with van der Waals surface area (Å²) < 4.78 is 90.5. The van der Waals surface area contributed by atoms with Crippen molar-refractivity contribution in [3.8, 4) is 11.5 Å². The Labute approximate surface area is 161 Å². The van der Waals surface area contributed by atoms with E-state index < -0.39 is 45.0 Å². The summed E-state index contributed by atoms with van der Waals surface area (Å²) in [6.07, 6.45) is -3.43. The molecule has 3 rings (SSSR count). The van der Waals surface area contributed by atoms with Gasteiger partial charge in [-0.15, -0.1) is 0 Å². The van der Waals surface area contributed by atoms with E-state index in [2.05, 4.69) is 14.1 Å². The summed E-state index contributed by atoms with van der Waals surface area (Å²) in [7, 11) is -2.17. The van der Waals surface area contributed by atoms with Gasteiger partial charge in [0, 0.05) is 17.6 Å². The monoisotopic (exact) mass is 435 g/mol. The second-order valence-electron chi connectivity index (χ2n) is 5.46. The summed E-state index contributed by atoms with van der Waals surface area (Å²) in [5.41, 5.74) is -0.757. The van der Waals surface area contributed by atoms with E-state index in [1.165, 1.54) is 19.3 Å². The summed E-state index contributed by atoms with van der Waals surface area (Å²) in [6, 6.07) is 4.06. The third-order valence-electron chi connectivity index (χ3n) is 3.33. The number of hydrogen-bond acceptors (Lipinski definition) is 5. The molecule has 3 aromatic rings. The molecule has 0 aliphatic heterocycles. The van der Waals surface area contributed by atoms with Gasteiger partial charge in [-0.2, -0.15) is 17.5 Å². The van der Waals surface area contributed by atoms with Crippen molar-refractivity contribution in [3.05, 3.63) is 59.4 Å². The predicted molar refractivity (Wildman–Crippen MR) is 92.6 cm³/mol. The number of aromatic nitrogens is 2. The normalized spacial score (nSPS) is 12.6. The van der Waals surface area contributed by atoms with Crippen molar-refractivity contribution in [3.63, 3.8) is 0 Å². The van der Waals surface area contributed by atoms with Crippen LogP contribution in [-0.4, -0.2) is 13.6 Å². The number of rotatable bonds is 5. The molecule has 0 spiro atoms. The van der Waals surface area contributed by atoms with Crippen molar-refractivity contribution in [2.75, 3.05) is 4.72 Å². The molecule has 5 nitrogen and oxygen atoms in total. The number of anilines is 1. The zero-order valence-corrected chi connectivity index (χ0v) is 15.5. The Morgan fingerprint density at radius 2 is 1.86 bits per heavy atom. The molecule has 1 heterocycles. The third-order valence-corrected chi connectivity index (χ3v) is 5.13. The number of benzene rings is 2. The number of ether oxygens (including phenoxy) is 1. The Morgan fingerprint density at radius 1 is 1.11 bits per heavy atom. The maximum atomic E-state index is 14.3. The summed E-state index contributed by atoms with van der Waals surface area (Å²) in [4.78, 5) is 3.20. The molecule has 0 fully saturated rings. The number of alkyl halides is 3. The highest BCUT2D eigenvalue weighted by Gasteiger charge is 2.31. The Kier molecular flexibility index (Phi) is 5.61. The Balaban J connectivity index is 1.87. The minimum Gasteiger partial charge on any atom is -0.454 e. The van der Waals surface area contributed by atoms with E-state index >= 15 is 0 Å². The van der Waals surface area contributed by atoms with Gasteiger partial charge in [0.15, 0.2) is 22.6 Å². The summed E-state index contributed by atoms with van der Waals surface area (Å²) in [6.45, 7) is 1.41. The molecule has 0 saturated carbocycles. The molecule has 0 aliphatic carbocycles. The molecule has 0 aliphatic rings. The quantitative estimate of drug-likeness (QED) is 0.569. The zero-order valence-electron chi connectivity index (χ0n) is 13.9. The molecule has 148 valence electrons. The first kappa shape index (κ1) is 20.1. The molecule has 1 aromatic heterocycles. The van der Waals surface area contributed by atoms with Gasteiger partial charge >= 0.3 is 6.18 Å². The topological polar surface area (TPSA) is 64.1 Å². The van der Waals surface area contributed by atoms with Gasteiger partial charge in [0.1, 0.15) is 17.9 Å². The van der Waals surface area contributed by atoms with Crippen LogP contribution in [0.5, 0.6) is 11.5 Å². The molecule has 0 saturated heterocycles. The number of aryl methyl sites for hydroxylation is 1. The molecule has 2 aromatic carbocycles. The molecule has 1 N–H and O–H groups in total. The first-order valence-electron chi connectivity index (χ1n) is 7.44. The SMILES string of the molecule is Cc1cc(Oc2cc(F)c(S(=O)Nc3ncns3)cc2F)cc(C(F)(F)F)c1. The molecule has 0 amide bonds. The largest absolute Gasteiger partial charge is 0.454 e. The van der Waals surface area contributed by atoms with Gasteiger partial charge in [-0.3, -0.25) is 4.72 Å². The number of nitrogens with one attached hydrogen (secondary N) is 1. The molecule has 0 bridgehead atoms. The molecule has 12 heteroatoms. The minimum absolute atomic E-state index is 0.137. The molecule has 0 radical (unpaired) electrons. The summed E-state index contributed by atoms with van der Waals surface area (Å²) in [5, 5.41) is 0.137. The van der Waals surface area contributed by atoms with E-state index in [0.29, 0.717) is 18.2 Å². The second kappa shape index (κ2) is 7.80. The average molecular weight is 435 g/mol. The summed E-state index contributed by atoms with van der Waals surface area (Å²) >= 11 is 0.867. The fraction of sp³-hybridized carbons (Fsp3) is 0.125. The highest BCUT2D eigenvalue weighted by atomic mass is 32.2. The van der Waals surface area contributed by atoms with Gasteiger partial charge in [0.05, 0.1) is 10.5 Å². The van der Waals surface area contributed by atoms with Crippen LogP contribution in [0.1, 0.15) is 11.1 Å². The lowest BCUT2D eigenvalue weighted by Gasteiger charge is -2.13. The Hall–Kier alpha value is -2.60. The standard InChI is InChI=1S/C16H10F5N3O2S2/c1-8-2-9(16(19,20)21)4-10(3-8)26-13-5-12(18)14(6-11(13)17)28(25)24-15-22-7-23-27-15/h2-7H,1H3,(H,22,23,24). The van der Waals surface area contributed by atoms with Crippen molar-refractivity contribution in [1.29, 1.82) is 0 Å². The van der Waals surface area contributed by atoms with Gasteiger partial charge in [0.2, 0.25) is 5.13 Å². The van der Waals surface area contributed by atoms with Crippen molar-refractivity contribution in [1.82, 2.24) is 9.36 Å². The van der Waals surface area contributed by atoms with Crippen LogP contribution in [0.4, 0.5) is 27.1 Å². The van der Waals surface area contributed by atoms with Crippen LogP contribution in [0.2, 0.25) is 0 Å². The maximum absolute atomic E-state index is 14.3. The molecule has 1 unspecified atom stereocenters. The van der Waals surface area contributed by atoms with Crippen LogP contribution in [0, 0.1) is 18.6 Å². The maximum Gasteiger partial charge on any atom is 0.416 e. The number of halogens is 5. The molecule has 28 heavy (non-hydrogen) atoms. The van der Waals surface area contributed by atoms with Crippen LogP contribution in [0.25, 0.3) is 0 Å². The van der Waals surface area contributed by atoms with Crippen LogP contribution < -0.4 is 9.46 Å². The lowest BCUT2D eigenvalue weighted by atomic mass is 10.1. The fourth-order valence-electron chi connectivity index (χ4n) is 2.18. The highest BCUT2D eigenvalue weighted by molar-refractivity contribution is 7.86. The highest BCUT2D eigenvalue weighted by Crippen LogP contribution is 2.35. The lowest BCUT2D eigenvalue weighted by Crippen LogP contribution is -2.08. The van der Waals surface area contributed by atoms with E-state index in [0.717, 1.165) is 17.6 Å². The summed E-state index contributed by atoms with van der Waals surface area (Å²) in [5.74, 6) is -3.13. The number of nitrogens with zero attached hydrogens (tertiary/aromatic N) is 2. The zero-order chi connectivity index (χ0) is 20.5. The fourth-order valence-corrected chi connectivity index (χ4v) is 3.61. The Bertz CT molecular complexity index is 1030.